The smallest absolute Gasteiger partial charge is 0.338 e. The third-order valence-corrected chi connectivity index (χ3v) is 9.28. The third kappa shape index (κ3) is 6.97. The highest BCUT2D eigenvalue weighted by Crippen LogP contribution is 2.40. The van der Waals surface area contributed by atoms with Gasteiger partial charge in [-0.15, -0.1) is 5.10 Å². The zero-order valence-corrected chi connectivity index (χ0v) is 27.2. The first kappa shape index (κ1) is 30.3. The number of hydrogen-bond donors (Lipinski definition) is 1. The number of fused-ring (bicyclic) bond motifs is 1. The summed E-state index contributed by atoms with van der Waals surface area (Å²) in [4.78, 5) is 18.6. The van der Waals surface area contributed by atoms with E-state index in [1.165, 1.54) is 12.0 Å². The predicted octanol–water partition coefficient (Wildman–Crippen LogP) is 8.09. The van der Waals surface area contributed by atoms with E-state index in [0.717, 1.165) is 47.0 Å². The Morgan fingerprint density at radius 2 is 1.80 bits per heavy atom. The maximum absolute atomic E-state index is 13.8. The maximum atomic E-state index is 13.8. The van der Waals surface area contributed by atoms with E-state index in [0.29, 0.717) is 40.5 Å². The highest BCUT2D eigenvalue weighted by molar-refractivity contribution is 9.10. The standard InChI is InChI=1S/C34H35BrN4O4S/c1-22-30(32(40)43-27-14-7-4-8-15-27)31(39-33(36-22)37-34(38-39)44-21-23-10-5-3-6-11-23)25-16-17-28(29(19-25)41-2)42-20-24-12-9-13-26(35)18-24/h3,5-6,9-13,16-19,27,31H,4,7-8,14-15,20-21H2,1-2H3,(H,36,37,38). The number of methoxy groups -OCH3 is 1. The Morgan fingerprint density at radius 1 is 1.00 bits per heavy atom. The van der Waals surface area contributed by atoms with Crippen LogP contribution in [0.5, 0.6) is 11.5 Å². The highest BCUT2D eigenvalue weighted by Gasteiger charge is 2.37. The van der Waals surface area contributed by atoms with Crippen molar-refractivity contribution in [2.75, 3.05) is 12.4 Å². The monoisotopic (exact) mass is 674 g/mol. The Balaban J connectivity index is 1.32. The molecule has 4 aromatic rings. The summed E-state index contributed by atoms with van der Waals surface area (Å²) in [7, 11) is 1.62. The van der Waals surface area contributed by atoms with Crippen LogP contribution in [0.25, 0.3) is 0 Å². The molecule has 1 unspecified atom stereocenters. The van der Waals surface area contributed by atoms with Crippen molar-refractivity contribution in [3.8, 4) is 11.5 Å². The second-order valence-corrected chi connectivity index (χ2v) is 12.9. The summed E-state index contributed by atoms with van der Waals surface area (Å²) in [6.07, 6.45) is 5.04. The van der Waals surface area contributed by atoms with Crippen LogP contribution < -0.4 is 14.8 Å². The van der Waals surface area contributed by atoms with Crippen molar-refractivity contribution in [2.24, 2.45) is 0 Å². The number of nitrogens with zero attached hydrogens (tertiary/aromatic N) is 3. The molecule has 1 aliphatic heterocycles. The van der Waals surface area contributed by atoms with Crippen LogP contribution in [-0.4, -0.2) is 33.9 Å². The molecule has 0 bridgehead atoms. The summed E-state index contributed by atoms with van der Waals surface area (Å²) < 4.78 is 20.8. The lowest BCUT2D eigenvalue weighted by Crippen LogP contribution is -2.32. The third-order valence-electron chi connectivity index (χ3n) is 7.88. The average molecular weight is 676 g/mol. The molecule has 1 aromatic heterocycles. The zero-order chi connectivity index (χ0) is 30.5. The normalized spacial score (nSPS) is 16.7. The molecular weight excluding hydrogens is 640 g/mol. The summed E-state index contributed by atoms with van der Waals surface area (Å²) in [5, 5.41) is 8.83. The molecule has 0 saturated heterocycles. The van der Waals surface area contributed by atoms with Crippen LogP contribution in [0.2, 0.25) is 0 Å². The van der Waals surface area contributed by atoms with Gasteiger partial charge in [0.2, 0.25) is 11.1 Å². The Kier molecular flexibility index (Phi) is 9.57. The van der Waals surface area contributed by atoms with E-state index in [2.05, 4.69) is 33.4 Å². The topological polar surface area (TPSA) is 87.5 Å². The van der Waals surface area contributed by atoms with Crippen molar-refractivity contribution in [3.05, 3.63) is 105 Å². The molecule has 1 fully saturated rings. The van der Waals surface area contributed by atoms with E-state index in [1.807, 2.05) is 67.6 Å². The van der Waals surface area contributed by atoms with E-state index >= 15 is 0 Å². The Hall–Kier alpha value is -3.76. The predicted molar refractivity (Wildman–Crippen MR) is 175 cm³/mol. The van der Waals surface area contributed by atoms with Gasteiger partial charge in [-0.25, -0.2) is 9.48 Å². The number of halogens is 1. The molecular formula is C34H35BrN4O4S. The van der Waals surface area contributed by atoms with E-state index < -0.39 is 6.04 Å². The van der Waals surface area contributed by atoms with Gasteiger partial charge in [-0.1, -0.05) is 82.6 Å². The Morgan fingerprint density at radius 3 is 2.57 bits per heavy atom. The second kappa shape index (κ2) is 13.9. The number of carbonyl (C=O) groups excluding carboxylic acids is 1. The number of carbonyl (C=O) groups is 1. The molecule has 44 heavy (non-hydrogen) atoms. The Bertz CT molecular complexity index is 1650. The number of thioether (sulfide) groups is 1. The number of esters is 1. The van der Waals surface area contributed by atoms with Crippen LogP contribution in [-0.2, 0) is 21.9 Å². The van der Waals surface area contributed by atoms with Gasteiger partial charge in [0.15, 0.2) is 11.5 Å². The van der Waals surface area contributed by atoms with Crippen LogP contribution in [0.4, 0.5) is 5.95 Å². The minimum atomic E-state index is -0.561. The molecule has 0 spiro atoms. The molecule has 1 N–H and O–H groups in total. The first-order valence-electron chi connectivity index (χ1n) is 14.9. The van der Waals surface area contributed by atoms with Crippen LogP contribution in [0.15, 0.2) is 93.7 Å². The van der Waals surface area contributed by atoms with E-state index in [1.54, 1.807) is 23.6 Å². The largest absolute Gasteiger partial charge is 0.493 e. The molecule has 6 rings (SSSR count). The van der Waals surface area contributed by atoms with Gasteiger partial charge in [0, 0.05) is 15.9 Å². The van der Waals surface area contributed by atoms with E-state index in [-0.39, 0.29) is 12.1 Å². The lowest BCUT2D eigenvalue weighted by atomic mass is 9.94. The number of nitrogens with one attached hydrogen (secondary N) is 1. The first-order chi connectivity index (χ1) is 21.5. The number of hydrogen-bond acceptors (Lipinski definition) is 8. The molecule has 1 saturated carbocycles. The number of aromatic nitrogens is 3. The van der Waals surface area contributed by atoms with Crippen LogP contribution in [0, 0.1) is 0 Å². The fraction of sp³-hybridized carbons (Fsp3) is 0.324. The molecule has 228 valence electrons. The quantitative estimate of drug-likeness (QED) is 0.133. The van der Waals surface area contributed by atoms with Gasteiger partial charge in [0.1, 0.15) is 18.8 Å². The minimum absolute atomic E-state index is 0.0744. The van der Waals surface area contributed by atoms with Crippen molar-refractivity contribution >= 4 is 39.6 Å². The van der Waals surface area contributed by atoms with Gasteiger partial charge in [-0.05, 0) is 73.6 Å². The number of anilines is 1. The Labute approximate surface area is 270 Å². The molecule has 1 aliphatic carbocycles. The summed E-state index contributed by atoms with van der Waals surface area (Å²) in [5.74, 6) is 2.14. The van der Waals surface area contributed by atoms with Gasteiger partial charge < -0.3 is 19.5 Å². The highest BCUT2D eigenvalue weighted by atomic mass is 79.9. The zero-order valence-electron chi connectivity index (χ0n) is 24.8. The van der Waals surface area contributed by atoms with Crippen LogP contribution in [0.1, 0.15) is 61.8 Å². The van der Waals surface area contributed by atoms with E-state index in [4.69, 9.17) is 24.3 Å². The summed E-state index contributed by atoms with van der Waals surface area (Å²) in [6, 6.07) is 23.4. The number of rotatable bonds is 10. The molecule has 10 heteroatoms. The van der Waals surface area contributed by atoms with Crippen LogP contribution in [0.3, 0.4) is 0 Å². The molecule has 0 amide bonds. The lowest BCUT2D eigenvalue weighted by molar-refractivity contribution is -0.146. The summed E-state index contributed by atoms with van der Waals surface area (Å²) >= 11 is 5.07. The fourth-order valence-electron chi connectivity index (χ4n) is 5.65. The fourth-order valence-corrected chi connectivity index (χ4v) is 6.88. The second-order valence-electron chi connectivity index (χ2n) is 11.0. The molecule has 2 heterocycles. The summed E-state index contributed by atoms with van der Waals surface area (Å²) in [6.45, 7) is 2.28. The van der Waals surface area contributed by atoms with Gasteiger partial charge in [0.05, 0.1) is 12.7 Å². The van der Waals surface area contributed by atoms with Crippen LogP contribution >= 0.6 is 27.7 Å². The van der Waals surface area contributed by atoms with Gasteiger partial charge in [0.25, 0.3) is 0 Å². The van der Waals surface area contributed by atoms with Gasteiger partial charge >= 0.3 is 5.97 Å². The SMILES string of the molecule is COc1cc(C2C(C(=O)OC3CCCCC3)=C(C)Nc3nc(SCc4ccccc4)nn32)ccc1OCc1cccc(Br)c1. The van der Waals surface area contributed by atoms with Crippen molar-refractivity contribution in [1.82, 2.24) is 14.8 Å². The number of benzene rings is 3. The van der Waals surface area contributed by atoms with Crippen molar-refractivity contribution in [1.29, 1.82) is 0 Å². The molecule has 3 aromatic carbocycles. The summed E-state index contributed by atoms with van der Waals surface area (Å²) in [5.41, 5.74) is 4.24. The molecule has 2 aliphatic rings. The van der Waals surface area contributed by atoms with Crippen molar-refractivity contribution in [3.63, 3.8) is 0 Å². The minimum Gasteiger partial charge on any atom is -0.493 e. The van der Waals surface area contributed by atoms with Gasteiger partial charge in [-0.2, -0.15) is 4.98 Å². The molecule has 1 atom stereocenters. The number of ether oxygens (including phenoxy) is 3. The molecule has 8 nitrogen and oxygen atoms in total. The molecule has 0 radical (unpaired) electrons. The van der Waals surface area contributed by atoms with E-state index in [9.17, 15) is 4.79 Å². The first-order valence-corrected chi connectivity index (χ1v) is 16.6. The van der Waals surface area contributed by atoms with Crippen molar-refractivity contribution in [2.45, 2.75) is 68.7 Å². The average Bonchev–Trinajstić information content (AvgIpc) is 3.45. The number of allylic oxidation sites excluding steroid dienone is 1. The van der Waals surface area contributed by atoms with Crippen molar-refractivity contribution < 1.29 is 19.0 Å². The maximum Gasteiger partial charge on any atom is 0.338 e. The lowest BCUT2D eigenvalue weighted by Gasteiger charge is -2.30. The van der Waals surface area contributed by atoms with Gasteiger partial charge in [-0.3, -0.25) is 0 Å².